The summed E-state index contributed by atoms with van der Waals surface area (Å²) < 4.78 is 13.3. The smallest absolute Gasteiger partial charge is 0.274 e. The van der Waals surface area contributed by atoms with Crippen LogP contribution in [-0.2, 0) is 0 Å². The van der Waals surface area contributed by atoms with E-state index >= 15 is 0 Å². The molecule has 0 spiro atoms. The van der Waals surface area contributed by atoms with Gasteiger partial charge in [0.05, 0.1) is 10.0 Å². The molecular weight excluding hydrogens is 304 g/mol. The highest BCUT2D eigenvalue weighted by molar-refractivity contribution is 6.35. The van der Waals surface area contributed by atoms with Gasteiger partial charge in [-0.05, 0) is 24.3 Å². The SMILES string of the molecule is CNc1cccc(C(=O)Nc2cc(Cl)c(F)c(Cl)c2)n1. The molecule has 20 heavy (non-hydrogen) atoms. The summed E-state index contributed by atoms with van der Waals surface area (Å²) in [6, 6.07) is 7.54. The minimum atomic E-state index is -0.721. The molecule has 0 atom stereocenters. The lowest BCUT2D eigenvalue weighted by Gasteiger charge is -2.07. The van der Waals surface area contributed by atoms with Crippen LogP contribution in [0.4, 0.5) is 15.9 Å². The monoisotopic (exact) mass is 313 g/mol. The van der Waals surface area contributed by atoms with Gasteiger partial charge in [-0.15, -0.1) is 0 Å². The molecule has 1 aromatic heterocycles. The maximum absolute atomic E-state index is 13.3. The second kappa shape index (κ2) is 6.07. The molecule has 0 aliphatic carbocycles. The Hall–Kier alpha value is -1.85. The normalized spacial score (nSPS) is 10.2. The van der Waals surface area contributed by atoms with Gasteiger partial charge in [-0.1, -0.05) is 29.3 Å². The molecule has 0 radical (unpaired) electrons. The summed E-state index contributed by atoms with van der Waals surface area (Å²) in [5.74, 6) is -0.602. The van der Waals surface area contributed by atoms with Crippen LogP contribution in [0, 0.1) is 5.82 Å². The van der Waals surface area contributed by atoms with E-state index in [0.29, 0.717) is 11.5 Å². The summed E-state index contributed by atoms with van der Waals surface area (Å²) in [4.78, 5) is 16.1. The van der Waals surface area contributed by atoms with Gasteiger partial charge in [0.1, 0.15) is 11.5 Å². The van der Waals surface area contributed by atoms with Gasteiger partial charge in [0.25, 0.3) is 5.91 Å². The van der Waals surface area contributed by atoms with E-state index in [2.05, 4.69) is 15.6 Å². The Kier molecular flexibility index (Phi) is 4.42. The maximum atomic E-state index is 13.3. The number of hydrogen-bond acceptors (Lipinski definition) is 3. The number of pyridine rings is 1. The second-order valence-corrected chi connectivity index (χ2v) is 4.68. The van der Waals surface area contributed by atoms with Gasteiger partial charge in [-0.2, -0.15) is 0 Å². The maximum Gasteiger partial charge on any atom is 0.274 e. The van der Waals surface area contributed by atoms with Gasteiger partial charge in [0.15, 0.2) is 5.82 Å². The summed E-state index contributed by atoms with van der Waals surface area (Å²) in [6.07, 6.45) is 0. The molecule has 104 valence electrons. The third-order valence-corrected chi connectivity index (χ3v) is 3.03. The van der Waals surface area contributed by atoms with E-state index in [0.717, 1.165) is 0 Å². The van der Waals surface area contributed by atoms with Gasteiger partial charge >= 0.3 is 0 Å². The average molecular weight is 314 g/mol. The van der Waals surface area contributed by atoms with Crippen molar-refractivity contribution in [3.05, 3.63) is 51.9 Å². The van der Waals surface area contributed by atoms with Crippen LogP contribution in [0.1, 0.15) is 10.5 Å². The molecule has 4 nitrogen and oxygen atoms in total. The number of rotatable bonds is 3. The number of hydrogen-bond donors (Lipinski definition) is 2. The number of benzene rings is 1. The summed E-state index contributed by atoms with van der Waals surface area (Å²) in [5.41, 5.74) is 0.511. The average Bonchev–Trinajstić information content (AvgIpc) is 2.44. The highest BCUT2D eigenvalue weighted by Gasteiger charge is 2.12. The Balaban J connectivity index is 2.23. The number of halogens is 3. The topological polar surface area (TPSA) is 54.0 Å². The number of amides is 1. The zero-order chi connectivity index (χ0) is 14.7. The Morgan fingerprint density at radius 2 is 1.90 bits per heavy atom. The van der Waals surface area contributed by atoms with Gasteiger partial charge in [-0.25, -0.2) is 9.37 Å². The van der Waals surface area contributed by atoms with Crippen molar-refractivity contribution in [2.45, 2.75) is 0 Å². The zero-order valence-corrected chi connectivity index (χ0v) is 11.9. The lowest BCUT2D eigenvalue weighted by Crippen LogP contribution is -2.14. The van der Waals surface area contributed by atoms with Crippen molar-refractivity contribution in [3.8, 4) is 0 Å². The van der Waals surface area contributed by atoms with Crippen molar-refractivity contribution in [1.82, 2.24) is 4.98 Å². The van der Waals surface area contributed by atoms with Crippen LogP contribution in [-0.4, -0.2) is 17.9 Å². The van der Waals surface area contributed by atoms with E-state index in [-0.39, 0.29) is 15.7 Å². The first-order valence-electron chi connectivity index (χ1n) is 5.62. The fourth-order valence-electron chi connectivity index (χ4n) is 1.52. The van der Waals surface area contributed by atoms with E-state index in [9.17, 15) is 9.18 Å². The van der Waals surface area contributed by atoms with Gasteiger partial charge < -0.3 is 10.6 Å². The van der Waals surface area contributed by atoms with Crippen LogP contribution >= 0.6 is 23.2 Å². The Bertz CT molecular complexity index is 641. The number of anilines is 2. The van der Waals surface area contributed by atoms with Crippen LogP contribution in [0.5, 0.6) is 0 Å². The minimum absolute atomic E-state index is 0.162. The van der Waals surface area contributed by atoms with Crippen molar-refractivity contribution in [3.63, 3.8) is 0 Å². The first-order chi connectivity index (χ1) is 9.51. The molecule has 1 amide bonds. The molecule has 1 heterocycles. The van der Waals surface area contributed by atoms with Crippen molar-refractivity contribution < 1.29 is 9.18 Å². The summed E-state index contributed by atoms with van der Waals surface area (Å²) in [6.45, 7) is 0. The zero-order valence-electron chi connectivity index (χ0n) is 10.4. The molecular formula is C13H10Cl2FN3O. The van der Waals surface area contributed by atoms with Crippen LogP contribution < -0.4 is 10.6 Å². The van der Waals surface area contributed by atoms with E-state index < -0.39 is 11.7 Å². The highest BCUT2D eigenvalue weighted by Crippen LogP contribution is 2.27. The number of carbonyl (C=O) groups is 1. The fraction of sp³-hybridized carbons (Fsp3) is 0.0769. The Labute approximate surface area is 124 Å². The van der Waals surface area contributed by atoms with Crippen LogP contribution in [0.25, 0.3) is 0 Å². The molecule has 0 unspecified atom stereocenters. The number of carbonyl (C=O) groups excluding carboxylic acids is 1. The third kappa shape index (κ3) is 3.18. The highest BCUT2D eigenvalue weighted by atomic mass is 35.5. The van der Waals surface area contributed by atoms with Gasteiger partial charge in [-0.3, -0.25) is 4.79 Å². The third-order valence-electron chi connectivity index (χ3n) is 2.48. The lowest BCUT2D eigenvalue weighted by molar-refractivity contribution is 0.102. The lowest BCUT2D eigenvalue weighted by atomic mass is 10.2. The molecule has 0 aliphatic rings. The largest absolute Gasteiger partial charge is 0.373 e. The molecule has 1 aromatic carbocycles. The van der Waals surface area contributed by atoms with E-state index in [1.165, 1.54) is 12.1 Å². The molecule has 0 aliphatic heterocycles. The van der Waals surface area contributed by atoms with Crippen molar-refractivity contribution in [1.29, 1.82) is 0 Å². The predicted octanol–water partition coefficient (Wildman–Crippen LogP) is 3.82. The molecule has 0 saturated heterocycles. The van der Waals surface area contributed by atoms with E-state index in [1.807, 2.05) is 0 Å². The van der Waals surface area contributed by atoms with Crippen LogP contribution in [0.15, 0.2) is 30.3 Å². The number of nitrogens with zero attached hydrogens (tertiary/aromatic N) is 1. The molecule has 7 heteroatoms. The Morgan fingerprint density at radius 1 is 1.25 bits per heavy atom. The molecule has 0 saturated carbocycles. The van der Waals surface area contributed by atoms with Crippen molar-refractivity contribution in [2.75, 3.05) is 17.7 Å². The number of aromatic nitrogens is 1. The molecule has 2 rings (SSSR count). The molecule has 2 aromatic rings. The molecule has 0 bridgehead atoms. The summed E-state index contributed by atoms with van der Waals surface area (Å²) in [7, 11) is 1.70. The standard InChI is InChI=1S/C13H10Cl2FN3O/c1-17-11-4-2-3-10(19-11)13(20)18-7-5-8(14)12(16)9(15)6-7/h2-6H,1H3,(H,17,19)(H,18,20). The summed E-state index contributed by atoms with van der Waals surface area (Å²) >= 11 is 11.3. The first kappa shape index (κ1) is 14.6. The Morgan fingerprint density at radius 3 is 2.50 bits per heavy atom. The number of nitrogens with one attached hydrogen (secondary N) is 2. The van der Waals surface area contributed by atoms with Crippen LogP contribution in [0.3, 0.4) is 0 Å². The first-order valence-corrected chi connectivity index (χ1v) is 6.37. The summed E-state index contributed by atoms with van der Waals surface area (Å²) in [5, 5.41) is 5.06. The van der Waals surface area contributed by atoms with Crippen molar-refractivity contribution in [2.24, 2.45) is 0 Å². The quantitative estimate of drug-likeness (QED) is 0.847. The second-order valence-electron chi connectivity index (χ2n) is 3.87. The fourth-order valence-corrected chi connectivity index (χ4v) is 2.01. The van der Waals surface area contributed by atoms with Crippen molar-refractivity contribution >= 4 is 40.6 Å². The van der Waals surface area contributed by atoms with Gasteiger partial charge in [0, 0.05) is 12.7 Å². The van der Waals surface area contributed by atoms with E-state index in [1.54, 1.807) is 25.2 Å². The molecule has 2 N–H and O–H groups in total. The van der Waals surface area contributed by atoms with Crippen LogP contribution in [0.2, 0.25) is 10.0 Å². The van der Waals surface area contributed by atoms with Gasteiger partial charge in [0.2, 0.25) is 0 Å². The minimum Gasteiger partial charge on any atom is -0.373 e. The predicted molar refractivity (Wildman–Crippen MR) is 78.2 cm³/mol. The van der Waals surface area contributed by atoms with E-state index in [4.69, 9.17) is 23.2 Å². The molecule has 0 fully saturated rings.